The topological polar surface area (TPSA) is 69.6 Å². The van der Waals surface area contributed by atoms with Crippen LogP contribution in [-0.2, 0) is 0 Å². The predicted octanol–water partition coefficient (Wildman–Crippen LogP) is 3.91. The molecule has 0 amide bonds. The van der Waals surface area contributed by atoms with Gasteiger partial charge in [-0.3, -0.25) is 0 Å². The Morgan fingerprint density at radius 2 is 1.64 bits per heavy atom. The van der Waals surface area contributed by atoms with Gasteiger partial charge >= 0.3 is 0 Å². The molecule has 2 aromatic carbocycles. The normalized spacial score (nSPS) is 11.0. The number of aromatic nitrogens is 5. The van der Waals surface area contributed by atoms with Gasteiger partial charge < -0.3 is 4.52 Å². The largest absolute Gasteiger partial charge is 0.332 e. The zero-order valence-electron chi connectivity index (χ0n) is 14.3. The van der Waals surface area contributed by atoms with E-state index in [4.69, 9.17) is 4.52 Å². The highest BCUT2D eigenvalue weighted by molar-refractivity contribution is 5.59. The average Bonchev–Trinajstić information content (AvgIpc) is 3.21. The molecular formula is C19H17N5O. The summed E-state index contributed by atoms with van der Waals surface area (Å²) in [4.78, 5) is 4.46. The second-order valence-electron chi connectivity index (χ2n) is 6.07. The molecule has 4 aromatic rings. The lowest BCUT2D eigenvalue weighted by Crippen LogP contribution is -2.00. The Kier molecular flexibility index (Phi) is 3.65. The summed E-state index contributed by atoms with van der Waals surface area (Å²) >= 11 is 0. The lowest BCUT2D eigenvalue weighted by Gasteiger charge is -2.06. The van der Waals surface area contributed by atoms with E-state index >= 15 is 0 Å². The van der Waals surface area contributed by atoms with Crippen LogP contribution < -0.4 is 0 Å². The maximum Gasteiger partial charge on any atom is 0.280 e. The Bertz CT molecular complexity index is 1010. The first-order valence-electron chi connectivity index (χ1n) is 8.02. The highest BCUT2D eigenvalue weighted by atomic mass is 16.5. The van der Waals surface area contributed by atoms with Gasteiger partial charge in [-0.05, 0) is 44.0 Å². The van der Waals surface area contributed by atoms with Crippen LogP contribution in [0.5, 0.6) is 0 Å². The molecule has 0 aliphatic rings. The fourth-order valence-corrected chi connectivity index (χ4v) is 2.87. The SMILES string of the molecule is Cc1cc(C)cc(-n2nnc(-c3nc(-c4ccccc4)no3)c2C)c1. The van der Waals surface area contributed by atoms with E-state index in [1.807, 2.05) is 37.3 Å². The van der Waals surface area contributed by atoms with E-state index in [1.165, 1.54) is 11.1 Å². The molecule has 0 spiro atoms. The Labute approximate surface area is 145 Å². The summed E-state index contributed by atoms with van der Waals surface area (Å²) in [5, 5.41) is 12.6. The highest BCUT2D eigenvalue weighted by Gasteiger charge is 2.19. The van der Waals surface area contributed by atoms with Crippen molar-refractivity contribution in [2.45, 2.75) is 20.8 Å². The molecule has 0 aliphatic heterocycles. The van der Waals surface area contributed by atoms with E-state index in [0.29, 0.717) is 17.4 Å². The van der Waals surface area contributed by atoms with Crippen molar-refractivity contribution in [3.8, 4) is 28.7 Å². The van der Waals surface area contributed by atoms with E-state index in [0.717, 1.165) is 16.9 Å². The van der Waals surface area contributed by atoms with Crippen LogP contribution in [0.2, 0.25) is 0 Å². The molecule has 124 valence electrons. The summed E-state index contributed by atoms with van der Waals surface area (Å²) in [5.41, 5.74) is 5.67. The first-order valence-corrected chi connectivity index (χ1v) is 8.02. The quantitative estimate of drug-likeness (QED) is 0.569. The van der Waals surface area contributed by atoms with Crippen molar-refractivity contribution in [3.05, 3.63) is 65.4 Å². The van der Waals surface area contributed by atoms with Crippen molar-refractivity contribution in [3.63, 3.8) is 0 Å². The minimum atomic E-state index is 0.368. The molecule has 2 aromatic heterocycles. The summed E-state index contributed by atoms with van der Waals surface area (Å²) in [6.07, 6.45) is 0. The molecule has 0 saturated heterocycles. The van der Waals surface area contributed by atoms with Crippen molar-refractivity contribution in [2.24, 2.45) is 0 Å². The van der Waals surface area contributed by atoms with Crippen molar-refractivity contribution >= 4 is 0 Å². The second kappa shape index (κ2) is 5.98. The average molecular weight is 331 g/mol. The molecule has 6 heteroatoms. The van der Waals surface area contributed by atoms with Gasteiger partial charge in [0.2, 0.25) is 5.82 Å². The molecule has 2 heterocycles. The fraction of sp³-hybridized carbons (Fsp3) is 0.158. The molecule has 0 aliphatic carbocycles. The van der Waals surface area contributed by atoms with Crippen LogP contribution in [0.1, 0.15) is 16.8 Å². The molecular weight excluding hydrogens is 314 g/mol. The van der Waals surface area contributed by atoms with E-state index in [1.54, 1.807) is 4.68 Å². The molecule has 0 saturated carbocycles. The van der Waals surface area contributed by atoms with Crippen molar-refractivity contribution in [2.75, 3.05) is 0 Å². The first-order chi connectivity index (χ1) is 12.1. The summed E-state index contributed by atoms with van der Waals surface area (Å²) in [5.74, 6) is 0.905. The van der Waals surface area contributed by atoms with Crippen LogP contribution in [0, 0.1) is 20.8 Å². The number of hydrogen-bond acceptors (Lipinski definition) is 5. The van der Waals surface area contributed by atoms with Gasteiger partial charge in [0.05, 0.1) is 11.4 Å². The summed E-state index contributed by atoms with van der Waals surface area (Å²) in [6.45, 7) is 6.07. The molecule has 6 nitrogen and oxygen atoms in total. The molecule has 0 N–H and O–H groups in total. The zero-order chi connectivity index (χ0) is 17.4. The summed E-state index contributed by atoms with van der Waals surface area (Å²) in [7, 11) is 0. The first kappa shape index (κ1) is 15.3. The molecule has 0 radical (unpaired) electrons. The number of benzene rings is 2. The van der Waals surface area contributed by atoms with Gasteiger partial charge in [0, 0.05) is 5.56 Å². The van der Waals surface area contributed by atoms with E-state index in [2.05, 4.69) is 52.5 Å². The van der Waals surface area contributed by atoms with Gasteiger partial charge in [-0.25, -0.2) is 4.68 Å². The lowest BCUT2D eigenvalue weighted by atomic mass is 10.1. The van der Waals surface area contributed by atoms with Crippen molar-refractivity contribution in [1.82, 2.24) is 25.1 Å². The summed E-state index contributed by atoms with van der Waals surface area (Å²) < 4.78 is 7.20. The fourth-order valence-electron chi connectivity index (χ4n) is 2.87. The Morgan fingerprint density at radius 1 is 0.920 bits per heavy atom. The van der Waals surface area contributed by atoms with E-state index in [9.17, 15) is 0 Å². The third-order valence-corrected chi connectivity index (χ3v) is 4.01. The Balaban J connectivity index is 1.73. The maximum absolute atomic E-state index is 5.41. The Morgan fingerprint density at radius 3 is 2.36 bits per heavy atom. The maximum atomic E-state index is 5.41. The molecule has 0 bridgehead atoms. The van der Waals surface area contributed by atoms with Crippen LogP contribution in [0.4, 0.5) is 0 Å². The van der Waals surface area contributed by atoms with E-state index < -0.39 is 0 Å². The standard InChI is InChI=1S/C19H17N5O/c1-12-9-13(2)11-16(10-12)24-14(3)17(21-23-24)19-20-18(22-25-19)15-7-5-4-6-8-15/h4-11H,1-3H3. The summed E-state index contributed by atoms with van der Waals surface area (Å²) in [6, 6.07) is 16.0. The van der Waals surface area contributed by atoms with Gasteiger partial charge in [-0.15, -0.1) is 5.10 Å². The number of nitrogens with zero attached hydrogens (tertiary/aromatic N) is 5. The van der Waals surface area contributed by atoms with Gasteiger partial charge in [-0.1, -0.05) is 46.8 Å². The third kappa shape index (κ3) is 2.82. The molecule has 0 unspecified atom stereocenters. The smallest absolute Gasteiger partial charge is 0.280 e. The minimum absolute atomic E-state index is 0.368. The minimum Gasteiger partial charge on any atom is -0.332 e. The number of rotatable bonds is 3. The molecule has 25 heavy (non-hydrogen) atoms. The van der Waals surface area contributed by atoms with Crippen LogP contribution in [0.3, 0.4) is 0 Å². The van der Waals surface area contributed by atoms with Crippen molar-refractivity contribution in [1.29, 1.82) is 0 Å². The van der Waals surface area contributed by atoms with Gasteiger partial charge in [0.25, 0.3) is 5.89 Å². The Hall–Kier alpha value is -3.28. The van der Waals surface area contributed by atoms with Gasteiger partial charge in [0.1, 0.15) is 0 Å². The van der Waals surface area contributed by atoms with E-state index in [-0.39, 0.29) is 0 Å². The number of hydrogen-bond donors (Lipinski definition) is 0. The zero-order valence-corrected chi connectivity index (χ0v) is 14.3. The molecule has 0 fully saturated rings. The van der Waals surface area contributed by atoms with Crippen LogP contribution in [0.15, 0.2) is 53.1 Å². The highest BCUT2D eigenvalue weighted by Crippen LogP contribution is 2.24. The lowest BCUT2D eigenvalue weighted by molar-refractivity contribution is 0.430. The van der Waals surface area contributed by atoms with Gasteiger partial charge in [0.15, 0.2) is 5.69 Å². The molecule has 4 rings (SSSR count). The van der Waals surface area contributed by atoms with Crippen LogP contribution >= 0.6 is 0 Å². The van der Waals surface area contributed by atoms with Crippen LogP contribution in [-0.4, -0.2) is 25.1 Å². The van der Waals surface area contributed by atoms with Gasteiger partial charge in [-0.2, -0.15) is 4.98 Å². The molecule has 0 atom stereocenters. The van der Waals surface area contributed by atoms with Crippen molar-refractivity contribution < 1.29 is 4.52 Å². The van der Waals surface area contributed by atoms with Crippen LogP contribution in [0.25, 0.3) is 28.7 Å². The second-order valence-corrected chi connectivity index (χ2v) is 6.07. The third-order valence-electron chi connectivity index (χ3n) is 4.01. The monoisotopic (exact) mass is 331 g/mol. The predicted molar refractivity (Wildman–Crippen MR) is 94.3 cm³/mol. The number of aryl methyl sites for hydroxylation is 2.